The molecule has 0 radical (unpaired) electrons. The van der Waals surface area contributed by atoms with Gasteiger partial charge < -0.3 is 19.6 Å². The van der Waals surface area contributed by atoms with E-state index in [2.05, 4.69) is 10.1 Å². The molecule has 0 fully saturated rings. The van der Waals surface area contributed by atoms with Crippen molar-refractivity contribution in [2.45, 2.75) is 6.04 Å². The second-order valence-electron chi connectivity index (χ2n) is 4.38. The number of aliphatic hydroxyl groups is 1. The Morgan fingerprint density at radius 2 is 2.05 bits per heavy atom. The Kier molecular flexibility index (Phi) is 4.90. The van der Waals surface area contributed by atoms with Crippen molar-refractivity contribution in [2.75, 3.05) is 13.7 Å². The zero-order valence-corrected chi connectivity index (χ0v) is 11.7. The van der Waals surface area contributed by atoms with E-state index in [1.165, 1.54) is 30.3 Å². The molecule has 6 nitrogen and oxygen atoms in total. The van der Waals surface area contributed by atoms with E-state index >= 15 is 0 Å². The highest BCUT2D eigenvalue weighted by Gasteiger charge is 2.23. The summed E-state index contributed by atoms with van der Waals surface area (Å²) in [6.07, 6.45) is 0. The summed E-state index contributed by atoms with van der Waals surface area (Å²) in [6.45, 7) is -0.612. The third-order valence-electron chi connectivity index (χ3n) is 2.94. The van der Waals surface area contributed by atoms with Gasteiger partial charge >= 0.3 is 5.97 Å². The molecule has 2 aromatic rings. The van der Waals surface area contributed by atoms with Crippen molar-refractivity contribution in [2.24, 2.45) is 0 Å². The highest BCUT2D eigenvalue weighted by molar-refractivity contribution is 5.95. The van der Waals surface area contributed by atoms with Gasteiger partial charge in [0.15, 0.2) is 11.8 Å². The van der Waals surface area contributed by atoms with Crippen molar-refractivity contribution in [3.05, 3.63) is 48.0 Å². The lowest BCUT2D eigenvalue weighted by Gasteiger charge is -2.12. The van der Waals surface area contributed by atoms with E-state index in [9.17, 15) is 14.0 Å². The van der Waals surface area contributed by atoms with Gasteiger partial charge in [0.1, 0.15) is 11.6 Å². The molecule has 0 saturated carbocycles. The first kappa shape index (κ1) is 15.7. The zero-order chi connectivity index (χ0) is 16.1. The first-order valence-electron chi connectivity index (χ1n) is 6.41. The maximum atomic E-state index is 13.6. The smallest absolute Gasteiger partial charge is 0.330 e. The van der Waals surface area contributed by atoms with Gasteiger partial charge in [-0.1, -0.05) is 12.1 Å². The molecule has 0 saturated heterocycles. The van der Waals surface area contributed by atoms with Gasteiger partial charge in [-0.15, -0.1) is 0 Å². The van der Waals surface area contributed by atoms with Crippen molar-refractivity contribution < 1.29 is 28.2 Å². The van der Waals surface area contributed by atoms with Crippen molar-refractivity contribution >= 4 is 11.9 Å². The van der Waals surface area contributed by atoms with Crippen LogP contribution in [-0.4, -0.2) is 36.7 Å². The highest BCUT2D eigenvalue weighted by atomic mass is 19.1. The van der Waals surface area contributed by atoms with Gasteiger partial charge in [0, 0.05) is 0 Å². The Morgan fingerprint density at radius 3 is 2.68 bits per heavy atom. The standard InChI is InChI=1S/C15H14FNO5/c1-21-15(20)11(8-18)17-14(19)13-7-6-12(22-13)9-4-2-3-5-10(9)16/h2-7,11,18H,8H2,1H3,(H,17,19)/t11-/m0/s1. The van der Waals surface area contributed by atoms with Gasteiger partial charge in [0.2, 0.25) is 0 Å². The second-order valence-corrected chi connectivity index (χ2v) is 4.38. The molecule has 0 aliphatic rings. The Bertz CT molecular complexity index is 682. The fourth-order valence-electron chi connectivity index (χ4n) is 1.82. The van der Waals surface area contributed by atoms with Crippen LogP contribution in [0.2, 0.25) is 0 Å². The molecule has 2 N–H and O–H groups in total. The lowest BCUT2D eigenvalue weighted by atomic mass is 10.1. The van der Waals surface area contributed by atoms with E-state index < -0.39 is 30.3 Å². The summed E-state index contributed by atoms with van der Waals surface area (Å²) in [7, 11) is 1.14. The van der Waals surface area contributed by atoms with Crippen LogP contribution in [0.3, 0.4) is 0 Å². The Labute approximate surface area is 125 Å². The van der Waals surface area contributed by atoms with Crippen LogP contribution in [0.4, 0.5) is 4.39 Å². The quantitative estimate of drug-likeness (QED) is 0.814. The molecule has 7 heteroatoms. The van der Waals surface area contributed by atoms with Gasteiger partial charge in [-0.3, -0.25) is 4.79 Å². The third-order valence-corrected chi connectivity index (χ3v) is 2.94. The monoisotopic (exact) mass is 307 g/mol. The van der Waals surface area contributed by atoms with Crippen molar-refractivity contribution in [1.29, 1.82) is 0 Å². The van der Waals surface area contributed by atoms with Gasteiger partial charge in [-0.25, -0.2) is 9.18 Å². The number of benzene rings is 1. The summed E-state index contributed by atoms with van der Waals surface area (Å²) in [5.74, 6) is -1.90. The zero-order valence-electron chi connectivity index (χ0n) is 11.7. The molecular formula is C15H14FNO5. The van der Waals surface area contributed by atoms with E-state index in [1.807, 2.05) is 0 Å². The molecule has 1 amide bonds. The van der Waals surface area contributed by atoms with E-state index in [-0.39, 0.29) is 17.1 Å². The van der Waals surface area contributed by atoms with E-state index in [4.69, 9.17) is 9.52 Å². The van der Waals surface area contributed by atoms with Crippen LogP contribution in [-0.2, 0) is 9.53 Å². The molecule has 2 rings (SSSR count). The SMILES string of the molecule is COC(=O)[C@H](CO)NC(=O)c1ccc(-c2ccccc2F)o1. The maximum absolute atomic E-state index is 13.6. The molecule has 1 aromatic carbocycles. The number of halogens is 1. The van der Waals surface area contributed by atoms with Crippen LogP contribution in [0.1, 0.15) is 10.6 Å². The minimum absolute atomic E-state index is 0.111. The summed E-state index contributed by atoms with van der Waals surface area (Å²) in [4.78, 5) is 23.3. The summed E-state index contributed by atoms with van der Waals surface area (Å²) >= 11 is 0. The molecule has 1 heterocycles. The first-order valence-corrected chi connectivity index (χ1v) is 6.41. The minimum atomic E-state index is -1.19. The fraction of sp³-hybridized carbons (Fsp3) is 0.200. The minimum Gasteiger partial charge on any atom is -0.467 e. The number of carbonyl (C=O) groups is 2. The number of hydrogen-bond acceptors (Lipinski definition) is 5. The molecule has 0 bridgehead atoms. The van der Waals surface area contributed by atoms with Gasteiger partial charge in [-0.05, 0) is 24.3 Å². The number of ether oxygens (including phenoxy) is 1. The summed E-state index contributed by atoms with van der Waals surface area (Å²) < 4.78 is 23.4. The molecular weight excluding hydrogens is 293 g/mol. The van der Waals surface area contributed by atoms with Crippen LogP contribution in [0.25, 0.3) is 11.3 Å². The summed E-state index contributed by atoms with van der Waals surface area (Å²) in [5, 5.41) is 11.3. The number of rotatable bonds is 5. The molecule has 116 valence electrons. The number of aliphatic hydroxyl groups excluding tert-OH is 1. The van der Waals surface area contributed by atoms with E-state index in [0.29, 0.717) is 0 Å². The lowest BCUT2D eigenvalue weighted by Crippen LogP contribution is -2.43. The number of hydrogen-bond donors (Lipinski definition) is 2. The van der Waals surface area contributed by atoms with Crippen LogP contribution in [0, 0.1) is 5.82 Å². The van der Waals surface area contributed by atoms with Gasteiger partial charge in [-0.2, -0.15) is 0 Å². The topological polar surface area (TPSA) is 88.8 Å². The summed E-state index contributed by atoms with van der Waals surface area (Å²) in [6, 6.07) is 7.57. The third kappa shape index (κ3) is 3.32. The Balaban J connectivity index is 2.16. The number of methoxy groups -OCH3 is 1. The Hall–Kier alpha value is -2.67. The van der Waals surface area contributed by atoms with Crippen LogP contribution in [0.5, 0.6) is 0 Å². The Morgan fingerprint density at radius 1 is 1.32 bits per heavy atom. The molecule has 0 aliphatic carbocycles. The van der Waals surface area contributed by atoms with Crippen LogP contribution >= 0.6 is 0 Å². The van der Waals surface area contributed by atoms with Crippen LogP contribution in [0.15, 0.2) is 40.8 Å². The first-order chi connectivity index (χ1) is 10.6. The predicted molar refractivity (Wildman–Crippen MR) is 74.5 cm³/mol. The predicted octanol–water partition coefficient (Wildman–Crippen LogP) is 1.35. The van der Waals surface area contributed by atoms with Crippen molar-refractivity contribution in [3.63, 3.8) is 0 Å². The second kappa shape index (κ2) is 6.86. The lowest BCUT2D eigenvalue weighted by molar-refractivity contribution is -0.143. The number of carbonyl (C=O) groups excluding carboxylic acids is 2. The van der Waals surface area contributed by atoms with Crippen molar-refractivity contribution in [3.8, 4) is 11.3 Å². The normalized spacial score (nSPS) is 11.8. The number of nitrogens with one attached hydrogen (secondary N) is 1. The maximum Gasteiger partial charge on any atom is 0.330 e. The highest BCUT2D eigenvalue weighted by Crippen LogP contribution is 2.24. The largest absolute Gasteiger partial charge is 0.467 e. The fourth-order valence-corrected chi connectivity index (χ4v) is 1.82. The van der Waals surface area contributed by atoms with Gasteiger partial charge in [0.05, 0.1) is 19.3 Å². The van der Waals surface area contributed by atoms with E-state index in [1.54, 1.807) is 6.07 Å². The van der Waals surface area contributed by atoms with Gasteiger partial charge in [0.25, 0.3) is 5.91 Å². The molecule has 1 aromatic heterocycles. The number of furan rings is 1. The average molecular weight is 307 g/mol. The molecule has 0 unspecified atom stereocenters. The average Bonchev–Trinajstić information content (AvgIpc) is 3.02. The number of esters is 1. The molecule has 22 heavy (non-hydrogen) atoms. The summed E-state index contributed by atoms with van der Waals surface area (Å²) in [5.41, 5.74) is 0.216. The van der Waals surface area contributed by atoms with Crippen molar-refractivity contribution in [1.82, 2.24) is 5.32 Å². The van der Waals surface area contributed by atoms with Crippen LogP contribution < -0.4 is 5.32 Å². The molecule has 1 atom stereocenters. The molecule has 0 aliphatic heterocycles. The molecule has 0 spiro atoms. The van der Waals surface area contributed by atoms with E-state index in [0.717, 1.165) is 7.11 Å². The number of amides is 1.